The molecule has 0 aliphatic carbocycles. The number of ether oxygens (including phenoxy) is 1. The van der Waals surface area contributed by atoms with Crippen LogP contribution in [0.25, 0.3) is 0 Å². The Morgan fingerprint density at radius 1 is 1.45 bits per heavy atom. The van der Waals surface area contributed by atoms with Crippen LogP contribution >= 0.6 is 0 Å². The zero-order chi connectivity index (χ0) is 14.2. The summed E-state index contributed by atoms with van der Waals surface area (Å²) in [6.07, 6.45) is -0.480. The standard InChI is InChI=1S/C11H13N3O4S2/c15-7-8-6-14(4-5-18-8)20(16,17)10-3-1-2-9-11(10)13-19-12-9/h1-3,8,15H,4-7H2. The number of hydrogen-bond donors (Lipinski definition) is 1. The van der Waals surface area contributed by atoms with Crippen molar-refractivity contribution in [2.24, 2.45) is 8.73 Å². The molecule has 1 unspecified atom stereocenters. The Hall–Kier alpha value is -1.13. The molecule has 1 aromatic rings. The number of hydrogen-bond acceptors (Lipinski definition) is 6. The summed E-state index contributed by atoms with van der Waals surface area (Å²) in [5.74, 6) is 0. The van der Waals surface area contributed by atoms with Gasteiger partial charge in [0.05, 0.1) is 30.7 Å². The van der Waals surface area contributed by atoms with Crippen LogP contribution in [0.5, 0.6) is 0 Å². The van der Waals surface area contributed by atoms with Gasteiger partial charge in [-0.15, -0.1) is 0 Å². The van der Waals surface area contributed by atoms with Crippen LogP contribution < -0.4 is 0 Å². The monoisotopic (exact) mass is 315 g/mol. The molecule has 2 aliphatic heterocycles. The minimum atomic E-state index is -3.66. The average Bonchev–Trinajstić information content (AvgIpc) is 2.95. The quantitative estimate of drug-likeness (QED) is 0.906. The Labute approximate surface area is 120 Å². The van der Waals surface area contributed by atoms with Crippen molar-refractivity contribution in [3.05, 3.63) is 18.2 Å². The average molecular weight is 315 g/mol. The fourth-order valence-corrected chi connectivity index (χ4v) is 4.36. The molecule has 2 heterocycles. The summed E-state index contributed by atoms with van der Waals surface area (Å²) in [6.45, 7) is 0.490. The zero-order valence-corrected chi connectivity index (χ0v) is 12.1. The number of rotatable bonds is 3. The van der Waals surface area contributed by atoms with Crippen molar-refractivity contribution in [2.45, 2.75) is 11.0 Å². The Morgan fingerprint density at radius 3 is 3.10 bits per heavy atom. The molecule has 0 radical (unpaired) electrons. The molecule has 9 heteroatoms. The van der Waals surface area contributed by atoms with Crippen LogP contribution in [-0.4, -0.2) is 50.2 Å². The van der Waals surface area contributed by atoms with Gasteiger partial charge in [-0.3, -0.25) is 0 Å². The summed E-state index contributed by atoms with van der Waals surface area (Å²) >= 11 is 0.987. The highest BCUT2D eigenvalue weighted by atomic mass is 32.2. The van der Waals surface area contributed by atoms with Crippen LogP contribution in [0.3, 0.4) is 0 Å². The first-order valence-electron chi connectivity index (χ1n) is 6.07. The van der Waals surface area contributed by atoms with Crippen LogP contribution in [0.1, 0.15) is 0 Å². The molecule has 1 N–H and O–H groups in total. The van der Waals surface area contributed by atoms with Gasteiger partial charge in [-0.1, -0.05) is 6.07 Å². The second-order valence-corrected chi connectivity index (χ2v) is 6.86. The maximum Gasteiger partial charge on any atom is 0.245 e. The van der Waals surface area contributed by atoms with Crippen LogP contribution in [0.2, 0.25) is 0 Å². The SMILES string of the molecule is O=S(=O)(c1cccc2c1N=S=N2)N1CCOC(CO)C1. The van der Waals surface area contributed by atoms with Gasteiger partial charge in [0.2, 0.25) is 10.0 Å². The lowest BCUT2D eigenvalue weighted by atomic mass is 10.3. The Morgan fingerprint density at radius 2 is 2.30 bits per heavy atom. The molecule has 0 spiro atoms. The molecule has 0 amide bonds. The van der Waals surface area contributed by atoms with E-state index in [-0.39, 0.29) is 31.2 Å². The molecule has 0 bridgehead atoms. The third kappa shape index (κ3) is 2.31. The number of morpholine rings is 1. The lowest BCUT2D eigenvalue weighted by Crippen LogP contribution is -2.46. The second kappa shape index (κ2) is 5.34. The third-order valence-electron chi connectivity index (χ3n) is 3.17. The molecule has 3 rings (SSSR count). The van der Waals surface area contributed by atoms with E-state index in [1.165, 1.54) is 10.4 Å². The number of benzene rings is 1. The number of fused-ring (bicyclic) bond motifs is 1. The van der Waals surface area contributed by atoms with Crippen LogP contribution in [-0.2, 0) is 26.1 Å². The highest BCUT2D eigenvalue weighted by Gasteiger charge is 2.33. The highest BCUT2D eigenvalue weighted by molar-refractivity contribution is 7.89. The van der Waals surface area contributed by atoms with Crippen LogP contribution in [0.4, 0.5) is 11.4 Å². The van der Waals surface area contributed by atoms with Crippen molar-refractivity contribution < 1.29 is 18.3 Å². The Kier molecular flexibility index (Phi) is 3.69. The van der Waals surface area contributed by atoms with Gasteiger partial charge in [-0.25, -0.2) is 8.42 Å². The van der Waals surface area contributed by atoms with E-state index in [2.05, 4.69) is 8.73 Å². The van der Waals surface area contributed by atoms with E-state index < -0.39 is 16.1 Å². The zero-order valence-electron chi connectivity index (χ0n) is 10.5. The fraction of sp³-hybridized carbons (Fsp3) is 0.455. The number of nitrogens with zero attached hydrogens (tertiary/aromatic N) is 3. The minimum Gasteiger partial charge on any atom is -0.394 e. The third-order valence-corrected chi connectivity index (χ3v) is 5.61. The molecular weight excluding hydrogens is 302 g/mol. The van der Waals surface area contributed by atoms with Crippen molar-refractivity contribution >= 4 is 32.8 Å². The van der Waals surface area contributed by atoms with E-state index in [0.717, 1.165) is 11.4 Å². The molecule has 1 saturated heterocycles. The van der Waals surface area contributed by atoms with Crippen LogP contribution in [0.15, 0.2) is 31.8 Å². The van der Waals surface area contributed by atoms with Crippen molar-refractivity contribution in [1.82, 2.24) is 4.31 Å². The maximum atomic E-state index is 12.7. The van der Waals surface area contributed by atoms with Crippen molar-refractivity contribution in [2.75, 3.05) is 26.3 Å². The van der Waals surface area contributed by atoms with Crippen LogP contribution in [0, 0.1) is 0 Å². The van der Waals surface area contributed by atoms with Gasteiger partial charge in [0, 0.05) is 13.1 Å². The van der Waals surface area contributed by atoms with Gasteiger partial charge in [0.25, 0.3) is 0 Å². The van der Waals surface area contributed by atoms with Gasteiger partial charge >= 0.3 is 0 Å². The van der Waals surface area contributed by atoms with E-state index in [0.29, 0.717) is 11.4 Å². The summed E-state index contributed by atoms with van der Waals surface area (Å²) in [6, 6.07) is 4.91. The number of aliphatic hydroxyl groups excluding tert-OH is 1. The van der Waals surface area contributed by atoms with E-state index >= 15 is 0 Å². The molecule has 0 saturated carbocycles. The first-order valence-corrected chi connectivity index (χ1v) is 8.24. The van der Waals surface area contributed by atoms with Gasteiger partial charge < -0.3 is 9.84 Å². The van der Waals surface area contributed by atoms with E-state index in [1.807, 2.05) is 0 Å². The van der Waals surface area contributed by atoms with Gasteiger partial charge in [0.15, 0.2) is 0 Å². The molecule has 7 nitrogen and oxygen atoms in total. The normalized spacial score (nSPS) is 22.6. The van der Waals surface area contributed by atoms with Gasteiger partial charge in [0.1, 0.15) is 16.3 Å². The van der Waals surface area contributed by atoms with Gasteiger partial charge in [-0.2, -0.15) is 13.0 Å². The van der Waals surface area contributed by atoms with E-state index in [1.54, 1.807) is 12.1 Å². The predicted molar refractivity (Wildman–Crippen MR) is 73.6 cm³/mol. The minimum absolute atomic E-state index is 0.146. The lowest BCUT2D eigenvalue weighted by molar-refractivity contribution is -0.0304. The summed E-state index contributed by atoms with van der Waals surface area (Å²) < 4.78 is 40.1. The largest absolute Gasteiger partial charge is 0.394 e. The summed E-state index contributed by atoms with van der Waals surface area (Å²) in [7, 11) is -3.66. The highest BCUT2D eigenvalue weighted by Crippen LogP contribution is 2.38. The molecule has 1 atom stereocenters. The molecule has 108 valence electrons. The molecule has 20 heavy (non-hydrogen) atoms. The molecule has 2 aliphatic rings. The van der Waals surface area contributed by atoms with Gasteiger partial charge in [-0.05, 0) is 12.1 Å². The lowest BCUT2D eigenvalue weighted by Gasteiger charge is -2.31. The first-order chi connectivity index (χ1) is 9.63. The fourth-order valence-electron chi connectivity index (χ4n) is 2.15. The number of sulfonamides is 1. The number of aliphatic hydroxyl groups is 1. The van der Waals surface area contributed by atoms with Crippen molar-refractivity contribution in [1.29, 1.82) is 0 Å². The summed E-state index contributed by atoms with van der Waals surface area (Å²) in [4.78, 5) is 0.155. The molecule has 1 aromatic carbocycles. The van der Waals surface area contributed by atoms with E-state index in [4.69, 9.17) is 9.84 Å². The summed E-state index contributed by atoms with van der Waals surface area (Å²) in [5.41, 5.74) is 0.965. The van der Waals surface area contributed by atoms with Crippen molar-refractivity contribution in [3.63, 3.8) is 0 Å². The first kappa shape index (κ1) is 13.8. The van der Waals surface area contributed by atoms with Crippen molar-refractivity contribution in [3.8, 4) is 0 Å². The Bertz CT molecular complexity index is 698. The molecular formula is C11H13N3O4S2. The second-order valence-electron chi connectivity index (χ2n) is 4.43. The topological polar surface area (TPSA) is 91.6 Å². The predicted octanol–water partition coefficient (Wildman–Crippen LogP) is 0.795. The summed E-state index contributed by atoms with van der Waals surface area (Å²) in [5, 5.41) is 9.12. The molecule has 0 aromatic heterocycles. The smallest absolute Gasteiger partial charge is 0.245 e. The van der Waals surface area contributed by atoms with E-state index in [9.17, 15) is 8.42 Å². The molecule has 1 fully saturated rings. The maximum absolute atomic E-state index is 12.7. The Balaban J connectivity index is 1.97.